The summed E-state index contributed by atoms with van der Waals surface area (Å²) in [5.74, 6) is 1.41. The van der Waals surface area contributed by atoms with Gasteiger partial charge in [0.1, 0.15) is 11.4 Å². The van der Waals surface area contributed by atoms with Gasteiger partial charge in [0.05, 0.1) is 7.11 Å². The van der Waals surface area contributed by atoms with Gasteiger partial charge >= 0.3 is 0 Å². The van der Waals surface area contributed by atoms with E-state index in [1.807, 2.05) is 26.0 Å². The molecule has 3 aromatic rings. The fraction of sp³-hybridized carbons (Fsp3) is 0.231. The number of rotatable bonds is 7. The lowest BCUT2D eigenvalue weighted by Gasteiger charge is -2.18. The fourth-order valence-corrected chi connectivity index (χ4v) is 3.62. The van der Waals surface area contributed by atoms with E-state index in [1.165, 1.54) is 0 Å². The Hall–Kier alpha value is -4.00. The van der Waals surface area contributed by atoms with E-state index in [2.05, 4.69) is 10.6 Å². The van der Waals surface area contributed by atoms with Crippen LogP contribution in [0.1, 0.15) is 29.8 Å². The molecular weight excluding hydrogens is 420 g/mol. The Kier molecular flexibility index (Phi) is 6.22. The smallest absolute Gasteiger partial charge is 0.262 e. The Morgan fingerprint density at radius 2 is 1.61 bits per heavy atom. The number of fused-ring (bicyclic) bond motifs is 1. The summed E-state index contributed by atoms with van der Waals surface area (Å²) in [4.78, 5) is 24.8. The van der Waals surface area contributed by atoms with Crippen molar-refractivity contribution in [2.75, 3.05) is 24.4 Å². The SMILES string of the molecule is COc1ccc(NC(=O)c2ccc(NC(=O)COc3cccc4c3OC(C)(C)C4)cc2)cc1. The zero-order chi connectivity index (χ0) is 23.4. The van der Waals surface area contributed by atoms with Gasteiger partial charge < -0.3 is 24.8 Å². The highest BCUT2D eigenvalue weighted by Crippen LogP contribution is 2.41. The number of methoxy groups -OCH3 is 1. The maximum Gasteiger partial charge on any atom is 0.262 e. The van der Waals surface area contributed by atoms with Crippen LogP contribution in [0.25, 0.3) is 0 Å². The Morgan fingerprint density at radius 3 is 2.30 bits per heavy atom. The molecule has 7 nitrogen and oxygen atoms in total. The molecule has 2 amide bonds. The molecular formula is C26H26N2O5. The summed E-state index contributed by atoms with van der Waals surface area (Å²) in [6, 6.07) is 19.4. The minimum atomic E-state index is -0.305. The first kappa shape index (κ1) is 22.2. The first-order chi connectivity index (χ1) is 15.8. The van der Waals surface area contributed by atoms with Crippen LogP contribution in [0, 0.1) is 0 Å². The highest BCUT2D eigenvalue weighted by Gasteiger charge is 2.32. The molecule has 0 spiro atoms. The molecule has 0 unspecified atom stereocenters. The van der Waals surface area contributed by atoms with Crippen molar-refractivity contribution >= 4 is 23.2 Å². The number of carbonyl (C=O) groups excluding carboxylic acids is 2. The Bertz CT molecular complexity index is 1150. The predicted molar refractivity (Wildman–Crippen MR) is 126 cm³/mol. The van der Waals surface area contributed by atoms with E-state index in [-0.39, 0.29) is 24.0 Å². The van der Waals surface area contributed by atoms with Gasteiger partial charge in [-0.05, 0) is 68.4 Å². The van der Waals surface area contributed by atoms with Gasteiger partial charge in [0.15, 0.2) is 18.1 Å². The fourth-order valence-electron chi connectivity index (χ4n) is 3.62. The van der Waals surface area contributed by atoms with E-state index in [4.69, 9.17) is 14.2 Å². The van der Waals surface area contributed by atoms with Gasteiger partial charge in [-0.3, -0.25) is 9.59 Å². The molecule has 0 atom stereocenters. The third kappa shape index (κ3) is 5.44. The van der Waals surface area contributed by atoms with Crippen LogP contribution in [0.15, 0.2) is 66.7 Å². The number of nitrogens with one attached hydrogen (secondary N) is 2. The maximum absolute atomic E-state index is 12.4. The average molecular weight is 447 g/mol. The van der Waals surface area contributed by atoms with Crippen LogP contribution in [0.4, 0.5) is 11.4 Å². The van der Waals surface area contributed by atoms with Gasteiger partial charge in [-0.15, -0.1) is 0 Å². The van der Waals surface area contributed by atoms with E-state index in [0.717, 1.165) is 12.0 Å². The minimum absolute atomic E-state index is 0.153. The second-order valence-electron chi connectivity index (χ2n) is 8.38. The molecule has 0 bridgehead atoms. The standard InChI is InChI=1S/C26H26N2O5/c1-26(2)15-18-5-4-6-22(24(18)33-26)32-16-23(29)27-19-9-7-17(8-10-19)25(30)28-20-11-13-21(31-3)14-12-20/h4-14H,15-16H2,1-3H3,(H,27,29)(H,28,30). The van der Waals surface area contributed by atoms with E-state index >= 15 is 0 Å². The summed E-state index contributed by atoms with van der Waals surface area (Å²) in [5, 5.41) is 5.59. The molecule has 0 aromatic heterocycles. The maximum atomic E-state index is 12.4. The number of hydrogen-bond donors (Lipinski definition) is 2. The summed E-state index contributed by atoms with van der Waals surface area (Å²) >= 11 is 0. The number of hydrogen-bond acceptors (Lipinski definition) is 5. The van der Waals surface area contributed by atoms with Crippen LogP contribution in [-0.4, -0.2) is 31.1 Å². The predicted octanol–water partition coefficient (Wildman–Crippen LogP) is 4.68. The highest BCUT2D eigenvalue weighted by molar-refractivity contribution is 6.04. The van der Waals surface area contributed by atoms with Crippen molar-refractivity contribution in [3.05, 3.63) is 77.9 Å². The summed E-state index contributed by atoms with van der Waals surface area (Å²) in [5.41, 5.74) is 2.49. The lowest BCUT2D eigenvalue weighted by Crippen LogP contribution is -2.25. The number of para-hydroxylation sites is 1. The molecule has 0 radical (unpaired) electrons. The number of carbonyl (C=O) groups is 2. The Labute approximate surface area is 192 Å². The highest BCUT2D eigenvalue weighted by atomic mass is 16.5. The number of anilines is 2. The van der Waals surface area contributed by atoms with Crippen LogP contribution in [0.3, 0.4) is 0 Å². The number of amides is 2. The zero-order valence-electron chi connectivity index (χ0n) is 18.8. The molecule has 0 fully saturated rings. The molecule has 7 heteroatoms. The Balaban J connectivity index is 1.31. The normalized spacial score (nSPS) is 13.4. The zero-order valence-corrected chi connectivity index (χ0v) is 18.8. The van der Waals surface area contributed by atoms with Crippen molar-refractivity contribution in [3.8, 4) is 17.2 Å². The van der Waals surface area contributed by atoms with Crippen LogP contribution >= 0.6 is 0 Å². The Morgan fingerprint density at radius 1 is 0.939 bits per heavy atom. The average Bonchev–Trinajstić information content (AvgIpc) is 3.13. The van der Waals surface area contributed by atoms with Crippen LogP contribution < -0.4 is 24.8 Å². The van der Waals surface area contributed by atoms with Crippen molar-refractivity contribution in [2.45, 2.75) is 25.9 Å². The van der Waals surface area contributed by atoms with Crippen LogP contribution in [0.2, 0.25) is 0 Å². The summed E-state index contributed by atoms with van der Waals surface area (Å²) in [7, 11) is 1.59. The van der Waals surface area contributed by atoms with E-state index in [9.17, 15) is 9.59 Å². The number of ether oxygens (including phenoxy) is 3. The molecule has 0 saturated carbocycles. The second-order valence-corrected chi connectivity index (χ2v) is 8.38. The first-order valence-electron chi connectivity index (χ1n) is 10.6. The van der Waals surface area contributed by atoms with E-state index in [0.29, 0.717) is 34.2 Å². The molecule has 0 aliphatic carbocycles. The monoisotopic (exact) mass is 446 g/mol. The van der Waals surface area contributed by atoms with Gasteiger partial charge in [-0.2, -0.15) is 0 Å². The third-order valence-electron chi connectivity index (χ3n) is 5.19. The number of benzene rings is 3. The lowest BCUT2D eigenvalue weighted by molar-refractivity contribution is -0.118. The second kappa shape index (κ2) is 9.24. The lowest BCUT2D eigenvalue weighted by atomic mass is 10.0. The molecule has 2 N–H and O–H groups in total. The van der Waals surface area contributed by atoms with Crippen LogP contribution in [-0.2, 0) is 11.2 Å². The van der Waals surface area contributed by atoms with Crippen molar-refractivity contribution in [1.29, 1.82) is 0 Å². The molecule has 1 aliphatic heterocycles. The quantitative estimate of drug-likeness (QED) is 0.551. The van der Waals surface area contributed by atoms with Gasteiger partial charge in [0, 0.05) is 28.9 Å². The van der Waals surface area contributed by atoms with Crippen molar-refractivity contribution in [1.82, 2.24) is 0 Å². The van der Waals surface area contributed by atoms with Crippen molar-refractivity contribution in [2.24, 2.45) is 0 Å². The third-order valence-corrected chi connectivity index (χ3v) is 5.19. The van der Waals surface area contributed by atoms with Gasteiger partial charge in [-0.1, -0.05) is 12.1 Å². The molecule has 1 heterocycles. The first-order valence-corrected chi connectivity index (χ1v) is 10.6. The van der Waals surface area contributed by atoms with Crippen LogP contribution in [0.5, 0.6) is 17.2 Å². The van der Waals surface area contributed by atoms with E-state index < -0.39 is 0 Å². The van der Waals surface area contributed by atoms with Crippen molar-refractivity contribution < 1.29 is 23.8 Å². The van der Waals surface area contributed by atoms with Gasteiger partial charge in [0.2, 0.25) is 0 Å². The molecule has 3 aromatic carbocycles. The van der Waals surface area contributed by atoms with Gasteiger partial charge in [0.25, 0.3) is 11.8 Å². The minimum Gasteiger partial charge on any atom is -0.497 e. The molecule has 1 aliphatic rings. The summed E-state index contributed by atoms with van der Waals surface area (Å²) in [6.07, 6.45) is 0.796. The molecule has 170 valence electrons. The molecule has 33 heavy (non-hydrogen) atoms. The summed E-state index contributed by atoms with van der Waals surface area (Å²) < 4.78 is 16.8. The van der Waals surface area contributed by atoms with Crippen molar-refractivity contribution in [3.63, 3.8) is 0 Å². The molecule has 4 rings (SSSR count). The van der Waals surface area contributed by atoms with E-state index in [1.54, 1.807) is 61.7 Å². The molecule has 0 saturated heterocycles. The summed E-state index contributed by atoms with van der Waals surface area (Å²) in [6.45, 7) is 3.88. The van der Waals surface area contributed by atoms with Gasteiger partial charge in [-0.25, -0.2) is 0 Å². The largest absolute Gasteiger partial charge is 0.497 e. The topological polar surface area (TPSA) is 85.9 Å².